The van der Waals surface area contributed by atoms with Crippen LogP contribution in [0.15, 0.2) is 65.6 Å². The van der Waals surface area contributed by atoms with E-state index in [-0.39, 0.29) is 4.90 Å². The zero-order chi connectivity index (χ0) is 18.6. The van der Waals surface area contributed by atoms with Crippen LogP contribution < -0.4 is 14.2 Å². The molecule has 0 atom stereocenters. The van der Waals surface area contributed by atoms with Crippen LogP contribution >= 0.6 is 0 Å². The van der Waals surface area contributed by atoms with Gasteiger partial charge in [0.2, 0.25) is 5.88 Å². The molecule has 0 unspecified atom stereocenters. The smallest absolute Gasteiger partial charge is 0.261 e. The number of nitrogens with one attached hydrogen (secondary N) is 1. The van der Waals surface area contributed by atoms with Crippen molar-refractivity contribution in [2.75, 3.05) is 18.9 Å². The SMILES string of the molecule is COc1ccc(S(=O)(=O)Nc2ccc(-c3ccc(OC)nn3)cc2)cc1. The van der Waals surface area contributed by atoms with E-state index in [1.807, 2.05) is 0 Å². The minimum atomic E-state index is -3.67. The monoisotopic (exact) mass is 371 g/mol. The Morgan fingerprint density at radius 1 is 0.808 bits per heavy atom. The predicted octanol–water partition coefficient (Wildman–Crippen LogP) is 2.96. The number of benzene rings is 2. The van der Waals surface area contributed by atoms with E-state index in [1.165, 1.54) is 26.4 Å². The lowest BCUT2D eigenvalue weighted by atomic mass is 10.1. The first-order chi connectivity index (χ1) is 12.5. The fourth-order valence-corrected chi connectivity index (χ4v) is 3.32. The summed E-state index contributed by atoms with van der Waals surface area (Å²) in [5.74, 6) is 1.02. The number of ether oxygens (including phenoxy) is 2. The summed E-state index contributed by atoms with van der Waals surface area (Å²) in [6.07, 6.45) is 0. The molecule has 0 aliphatic rings. The molecule has 134 valence electrons. The Labute approximate surface area is 151 Å². The molecule has 0 amide bonds. The summed E-state index contributed by atoms with van der Waals surface area (Å²) in [5, 5.41) is 7.98. The molecule has 0 aliphatic carbocycles. The molecular formula is C18H17N3O4S. The van der Waals surface area contributed by atoms with Crippen LogP contribution in [0.5, 0.6) is 11.6 Å². The summed E-state index contributed by atoms with van der Waals surface area (Å²) in [5.41, 5.74) is 1.92. The van der Waals surface area contributed by atoms with E-state index >= 15 is 0 Å². The fraction of sp³-hybridized carbons (Fsp3) is 0.111. The van der Waals surface area contributed by atoms with Gasteiger partial charge in [-0.3, -0.25) is 4.72 Å². The van der Waals surface area contributed by atoms with Crippen molar-refractivity contribution in [2.24, 2.45) is 0 Å². The number of nitrogens with zero attached hydrogens (tertiary/aromatic N) is 2. The van der Waals surface area contributed by atoms with Gasteiger partial charge in [0.05, 0.1) is 24.8 Å². The van der Waals surface area contributed by atoms with Crippen molar-refractivity contribution >= 4 is 15.7 Å². The molecule has 0 spiro atoms. The van der Waals surface area contributed by atoms with E-state index in [0.717, 1.165) is 5.56 Å². The number of hydrogen-bond acceptors (Lipinski definition) is 6. The van der Waals surface area contributed by atoms with Crippen molar-refractivity contribution in [3.8, 4) is 22.9 Å². The molecule has 0 saturated carbocycles. The average molecular weight is 371 g/mol. The summed E-state index contributed by atoms with van der Waals surface area (Å²) >= 11 is 0. The molecule has 2 aromatic carbocycles. The van der Waals surface area contributed by atoms with Gasteiger partial charge in [-0.2, -0.15) is 0 Å². The van der Waals surface area contributed by atoms with Gasteiger partial charge in [-0.15, -0.1) is 10.2 Å². The van der Waals surface area contributed by atoms with Gasteiger partial charge in [-0.25, -0.2) is 8.42 Å². The predicted molar refractivity (Wildman–Crippen MR) is 97.8 cm³/mol. The maximum atomic E-state index is 12.4. The van der Waals surface area contributed by atoms with Gasteiger partial charge in [0.1, 0.15) is 5.75 Å². The first-order valence-electron chi connectivity index (χ1n) is 7.67. The van der Waals surface area contributed by atoms with E-state index in [2.05, 4.69) is 14.9 Å². The van der Waals surface area contributed by atoms with E-state index in [0.29, 0.717) is 23.0 Å². The van der Waals surface area contributed by atoms with Crippen LogP contribution in [0.25, 0.3) is 11.3 Å². The van der Waals surface area contributed by atoms with Crippen molar-refractivity contribution in [1.82, 2.24) is 10.2 Å². The zero-order valence-corrected chi connectivity index (χ0v) is 15.0. The Bertz CT molecular complexity index is 970. The van der Waals surface area contributed by atoms with Crippen LogP contribution in [0.2, 0.25) is 0 Å². The van der Waals surface area contributed by atoms with E-state index < -0.39 is 10.0 Å². The number of aromatic nitrogens is 2. The van der Waals surface area contributed by atoms with Crippen molar-refractivity contribution in [3.05, 3.63) is 60.7 Å². The third-order valence-electron chi connectivity index (χ3n) is 3.65. The maximum absolute atomic E-state index is 12.4. The van der Waals surface area contributed by atoms with Crippen molar-refractivity contribution in [2.45, 2.75) is 4.90 Å². The average Bonchev–Trinajstić information content (AvgIpc) is 2.68. The summed E-state index contributed by atoms with van der Waals surface area (Å²) in [7, 11) is -0.629. The van der Waals surface area contributed by atoms with Gasteiger partial charge in [-0.05, 0) is 42.5 Å². The second-order valence-corrected chi connectivity index (χ2v) is 7.00. The number of hydrogen-bond donors (Lipinski definition) is 1. The third kappa shape index (κ3) is 3.92. The fourth-order valence-electron chi connectivity index (χ4n) is 2.26. The highest BCUT2D eigenvalue weighted by atomic mass is 32.2. The Hall–Kier alpha value is -3.13. The lowest BCUT2D eigenvalue weighted by molar-refractivity contribution is 0.392. The molecule has 3 rings (SSSR count). The molecule has 26 heavy (non-hydrogen) atoms. The number of anilines is 1. The molecule has 0 saturated heterocycles. The highest BCUT2D eigenvalue weighted by Gasteiger charge is 2.14. The van der Waals surface area contributed by atoms with Gasteiger partial charge in [-0.1, -0.05) is 12.1 Å². The van der Waals surface area contributed by atoms with Gasteiger partial charge in [0.25, 0.3) is 10.0 Å². The maximum Gasteiger partial charge on any atom is 0.261 e. The van der Waals surface area contributed by atoms with E-state index in [9.17, 15) is 8.42 Å². The summed E-state index contributed by atoms with van der Waals surface area (Å²) in [6.45, 7) is 0. The zero-order valence-electron chi connectivity index (χ0n) is 14.2. The molecular weight excluding hydrogens is 354 g/mol. The molecule has 0 fully saturated rings. The van der Waals surface area contributed by atoms with Gasteiger partial charge < -0.3 is 9.47 Å². The minimum Gasteiger partial charge on any atom is -0.497 e. The second-order valence-electron chi connectivity index (χ2n) is 5.32. The Kier molecular flexibility index (Phi) is 5.04. The first-order valence-corrected chi connectivity index (χ1v) is 9.15. The topological polar surface area (TPSA) is 90.4 Å². The van der Waals surface area contributed by atoms with Crippen molar-refractivity contribution < 1.29 is 17.9 Å². The number of sulfonamides is 1. The molecule has 1 heterocycles. The Morgan fingerprint density at radius 3 is 2.04 bits per heavy atom. The molecule has 1 aromatic heterocycles. The van der Waals surface area contributed by atoms with Crippen LogP contribution in [0.3, 0.4) is 0 Å². The van der Waals surface area contributed by atoms with Gasteiger partial charge in [0.15, 0.2) is 0 Å². The lowest BCUT2D eigenvalue weighted by Gasteiger charge is -2.09. The lowest BCUT2D eigenvalue weighted by Crippen LogP contribution is -2.12. The molecule has 8 heteroatoms. The third-order valence-corrected chi connectivity index (χ3v) is 5.05. The van der Waals surface area contributed by atoms with E-state index in [1.54, 1.807) is 48.5 Å². The number of rotatable bonds is 6. The summed E-state index contributed by atoms with van der Waals surface area (Å²) in [6, 6.07) is 16.5. The van der Waals surface area contributed by atoms with Gasteiger partial charge >= 0.3 is 0 Å². The molecule has 3 aromatic rings. The largest absolute Gasteiger partial charge is 0.497 e. The van der Waals surface area contributed by atoms with Crippen LogP contribution in [0, 0.1) is 0 Å². The normalized spacial score (nSPS) is 11.0. The van der Waals surface area contributed by atoms with Crippen LogP contribution in [-0.2, 0) is 10.0 Å². The van der Waals surface area contributed by atoms with Gasteiger partial charge in [0, 0.05) is 17.3 Å². The first kappa shape index (κ1) is 17.7. The van der Waals surface area contributed by atoms with E-state index in [4.69, 9.17) is 9.47 Å². The molecule has 1 N–H and O–H groups in total. The van der Waals surface area contributed by atoms with Crippen molar-refractivity contribution in [3.63, 3.8) is 0 Å². The molecule has 0 radical (unpaired) electrons. The molecule has 0 bridgehead atoms. The molecule has 0 aliphatic heterocycles. The summed E-state index contributed by atoms with van der Waals surface area (Å²) in [4.78, 5) is 0.156. The van der Waals surface area contributed by atoms with Crippen molar-refractivity contribution in [1.29, 1.82) is 0 Å². The Morgan fingerprint density at radius 2 is 1.50 bits per heavy atom. The highest BCUT2D eigenvalue weighted by Crippen LogP contribution is 2.23. The highest BCUT2D eigenvalue weighted by molar-refractivity contribution is 7.92. The quantitative estimate of drug-likeness (QED) is 0.716. The summed E-state index contributed by atoms with van der Waals surface area (Å²) < 4.78 is 37.4. The van der Waals surface area contributed by atoms with Crippen LogP contribution in [0.4, 0.5) is 5.69 Å². The van der Waals surface area contributed by atoms with Crippen LogP contribution in [0.1, 0.15) is 0 Å². The van der Waals surface area contributed by atoms with Crippen LogP contribution in [-0.4, -0.2) is 32.8 Å². The number of methoxy groups -OCH3 is 2. The standard InChI is InChI=1S/C18H17N3O4S/c1-24-15-7-9-16(10-8-15)26(22,23)21-14-5-3-13(4-6-14)17-11-12-18(25-2)20-19-17/h3-12,21H,1-2H3. The molecule has 7 nitrogen and oxygen atoms in total. The Balaban J connectivity index is 1.77. The second kappa shape index (κ2) is 7.40. The minimum absolute atomic E-state index is 0.156.